The summed E-state index contributed by atoms with van der Waals surface area (Å²) in [5.74, 6) is 1.62. The number of piperidine rings is 1. The fourth-order valence-electron chi connectivity index (χ4n) is 2.60. The van der Waals surface area contributed by atoms with Crippen LogP contribution in [0.25, 0.3) is 0 Å². The SMILES string of the molecule is Cc1cccc(CSCC(=O)NC2CCNC(C)C2)c1. The Hall–Kier alpha value is -1.00. The Balaban J connectivity index is 1.67. The average Bonchev–Trinajstić information content (AvgIpc) is 2.38. The van der Waals surface area contributed by atoms with Gasteiger partial charge in [0.25, 0.3) is 0 Å². The van der Waals surface area contributed by atoms with Crippen LogP contribution in [-0.4, -0.2) is 30.3 Å². The molecule has 2 unspecified atom stereocenters. The third-order valence-electron chi connectivity index (χ3n) is 3.57. The maximum atomic E-state index is 11.9. The number of benzene rings is 1. The largest absolute Gasteiger partial charge is 0.353 e. The van der Waals surface area contributed by atoms with Crippen LogP contribution < -0.4 is 10.6 Å². The van der Waals surface area contributed by atoms with Crippen LogP contribution in [0.2, 0.25) is 0 Å². The van der Waals surface area contributed by atoms with Crippen LogP contribution >= 0.6 is 11.8 Å². The van der Waals surface area contributed by atoms with Crippen LogP contribution in [-0.2, 0) is 10.5 Å². The zero-order chi connectivity index (χ0) is 14.4. The molecule has 4 heteroatoms. The quantitative estimate of drug-likeness (QED) is 0.876. The van der Waals surface area contributed by atoms with Crippen molar-refractivity contribution in [2.75, 3.05) is 12.3 Å². The lowest BCUT2D eigenvalue weighted by atomic mass is 10.0. The van der Waals surface area contributed by atoms with E-state index in [2.05, 4.69) is 48.7 Å². The maximum absolute atomic E-state index is 11.9. The fourth-order valence-corrected chi connectivity index (χ4v) is 3.38. The number of hydrogen-bond donors (Lipinski definition) is 2. The second-order valence-corrected chi connectivity index (χ2v) is 6.61. The lowest BCUT2D eigenvalue weighted by molar-refractivity contribution is -0.119. The average molecular weight is 292 g/mol. The summed E-state index contributed by atoms with van der Waals surface area (Å²) in [4.78, 5) is 11.9. The predicted molar refractivity (Wildman–Crippen MR) is 86.0 cm³/mol. The molecule has 2 N–H and O–H groups in total. The molecule has 1 aromatic rings. The number of carbonyl (C=O) groups is 1. The highest BCUT2D eigenvalue weighted by Gasteiger charge is 2.19. The standard InChI is InChI=1S/C16H24N2OS/c1-12-4-3-5-14(8-12)10-20-11-16(19)18-15-6-7-17-13(2)9-15/h3-5,8,13,15,17H,6-7,9-11H2,1-2H3,(H,18,19). The molecule has 0 spiro atoms. The van der Waals surface area contributed by atoms with Gasteiger partial charge in [0, 0.05) is 17.8 Å². The molecular weight excluding hydrogens is 268 g/mol. The van der Waals surface area contributed by atoms with Crippen molar-refractivity contribution < 1.29 is 4.79 Å². The smallest absolute Gasteiger partial charge is 0.230 e. The highest BCUT2D eigenvalue weighted by Crippen LogP contribution is 2.14. The van der Waals surface area contributed by atoms with Crippen molar-refractivity contribution >= 4 is 17.7 Å². The van der Waals surface area contributed by atoms with Crippen molar-refractivity contribution in [3.05, 3.63) is 35.4 Å². The Morgan fingerprint density at radius 1 is 1.50 bits per heavy atom. The maximum Gasteiger partial charge on any atom is 0.230 e. The topological polar surface area (TPSA) is 41.1 Å². The lowest BCUT2D eigenvalue weighted by Gasteiger charge is -2.28. The lowest BCUT2D eigenvalue weighted by Crippen LogP contribution is -2.47. The first-order valence-electron chi connectivity index (χ1n) is 7.29. The number of hydrogen-bond acceptors (Lipinski definition) is 3. The molecule has 0 radical (unpaired) electrons. The molecule has 20 heavy (non-hydrogen) atoms. The molecule has 1 fully saturated rings. The fraction of sp³-hybridized carbons (Fsp3) is 0.562. The normalized spacial score (nSPS) is 22.5. The van der Waals surface area contributed by atoms with E-state index in [-0.39, 0.29) is 5.91 Å². The van der Waals surface area contributed by atoms with E-state index in [1.54, 1.807) is 11.8 Å². The van der Waals surface area contributed by atoms with E-state index < -0.39 is 0 Å². The number of rotatable bonds is 5. The first kappa shape index (κ1) is 15.4. The number of carbonyl (C=O) groups excluding carboxylic acids is 1. The zero-order valence-corrected chi connectivity index (χ0v) is 13.1. The highest BCUT2D eigenvalue weighted by atomic mass is 32.2. The van der Waals surface area contributed by atoms with Crippen molar-refractivity contribution in [1.29, 1.82) is 0 Å². The second kappa shape index (κ2) is 7.70. The first-order chi connectivity index (χ1) is 9.63. The van der Waals surface area contributed by atoms with Gasteiger partial charge < -0.3 is 10.6 Å². The van der Waals surface area contributed by atoms with Gasteiger partial charge in [0.15, 0.2) is 0 Å². The van der Waals surface area contributed by atoms with E-state index in [9.17, 15) is 4.79 Å². The minimum absolute atomic E-state index is 0.168. The summed E-state index contributed by atoms with van der Waals surface area (Å²) < 4.78 is 0. The Morgan fingerprint density at radius 2 is 2.35 bits per heavy atom. The summed E-state index contributed by atoms with van der Waals surface area (Å²) in [5.41, 5.74) is 2.56. The Kier molecular flexibility index (Phi) is 5.92. The Labute approximate surface area is 125 Å². The summed E-state index contributed by atoms with van der Waals surface area (Å²) in [7, 11) is 0. The van der Waals surface area contributed by atoms with Crippen molar-refractivity contribution in [1.82, 2.24) is 10.6 Å². The number of aryl methyl sites for hydroxylation is 1. The molecule has 1 aliphatic rings. The molecule has 0 aromatic heterocycles. The van der Waals surface area contributed by atoms with Gasteiger partial charge in [0.2, 0.25) is 5.91 Å². The third kappa shape index (κ3) is 5.17. The number of thioether (sulfide) groups is 1. The molecule has 0 saturated carbocycles. The third-order valence-corrected chi connectivity index (χ3v) is 4.58. The molecule has 0 bridgehead atoms. The van der Waals surface area contributed by atoms with Gasteiger partial charge in [-0.2, -0.15) is 0 Å². The van der Waals surface area contributed by atoms with Gasteiger partial charge in [-0.15, -0.1) is 11.8 Å². The van der Waals surface area contributed by atoms with E-state index in [0.717, 1.165) is 25.1 Å². The van der Waals surface area contributed by atoms with Crippen LogP contribution in [0.5, 0.6) is 0 Å². The minimum Gasteiger partial charge on any atom is -0.353 e. The van der Waals surface area contributed by atoms with E-state index in [1.807, 2.05) is 0 Å². The van der Waals surface area contributed by atoms with Gasteiger partial charge in [-0.3, -0.25) is 4.79 Å². The summed E-state index contributed by atoms with van der Waals surface area (Å²) in [5, 5.41) is 6.55. The molecule has 3 nitrogen and oxygen atoms in total. The van der Waals surface area contributed by atoms with Gasteiger partial charge >= 0.3 is 0 Å². The number of nitrogens with one attached hydrogen (secondary N) is 2. The molecule has 2 rings (SSSR count). The zero-order valence-electron chi connectivity index (χ0n) is 12.3. The Morgan fingerprint density at radius 3 is 3.10 bits per heavy atom. The minimum atomic E-state index is 0.168. The Bertz CT molecular complexity index is 450. The monoisotopic (exact) mass is 292 g/mol. The van der Waals surface area contributed by atoms with Crippen LogP contribution in [0.3, 0.4) is 0 Å². The van der Waals surface area contributed by atoms with Crippen LogP contribution in [0.15, 0.2) is 24.3 Å². The van der Waals surface area contributed by atoms with Gasteiger partial charge in [0.05, 0.1) is 5.75 Å². The van der Waals surface area contributed by atoms with E-state index in [4.69, 9.17) is 0 Å². The van der Waals surface area contributed by atoms with Gasteiger partial charge in [0.1, 0.15) is 0 Å². The summed E-state index contributed by atoms with van der Waals surface area (Å²) in [6.07, 6.45) is 2.08. The summed E-state index contributed by atoms with van der Waals surface area (Å²) in [6.45, 7) is 5.27. The van der Waals surface area contributed by atoms with Crippen LogP contribution in [0, 0.1) is 6.92 Å². The molecule has 2 atom stereocenters. The van der Waals surface area contributed by atoms with Crippen molar-refractivity contribution in [2.45, 2.75) is 44.5 Å². The highest BCUT2D eigenvalue weighted by molar-refractivity contribution is 7.99. The van der Waals surface area contributed by atoms with Crippen molar-refractivity contribution in [3.63, 3.8) is 0 Å². The molecule has 1 aliphatic heterocycles. The molecule has 110 valence electrons. The summed E-state index contributed by atoms with van der Waals surface area (Å²) in [6, 6.07) is 9.32. The molecule has 0 aliphatic carbocycles. The van der Waals surface area contributed by atoms with Gasteiger partial charge in [-0.1, -0.05) is 29.8 Å². The predicted octanol–water partition coefficient (Wildman–Crippen LogP) is 2.48. The van der Waals surface area contributed by atoms with Crippen LogP contribution in [0.4, 0.5) is 0 Å². The molecule has 1 saturated heterocycles. The summed E-state index contributed by atoms with van der Waals surface area (Å²) >= 11 is 1.68. The van der Waals surface area contributed by atoms with E-state index in [0.29, 0.717) is 17.8 Å². The molecule has 1 aromatic carbocycles. The molecule has 1 amide bonds. The van der Waals surface area contributed by atoms with Gasteiger partial charge in [-0.05, 0) is 38.8 Å². The first-order valence-corrected chi connectivity index (χ1v) is 8.45. The van der Waals surface area contributed by atoms with E-state index >= 15 is 0 Å². The van der Waals surface area contributed by atoms with Crippen molar-refractivity contribution in [2.24, 2.45) is 0 Å². The van der Waals surface area contributed by atoms with E-state index in [1.165, 1.54) is 11.1 Å². The van der Waals surface area contributed by atoms with Gasteiger partial charge in [-0.25, -0.2) is 0 Å². The molecular formula is C16H24N2OS. The van der Waals surface area contributed by atoms with Crippen LogP contribution in [0.1, 0.15) is 30.9 Å². The number of amides is 1. The second-order valence-electron chi connectivity index (χ2n) is 5.63. The molecule has 1 heterocycles. The van der Waals surface area contributed by atoms with Crippen molar-refractivity contribution in [3.8, 4) is 0 Å².